The zero-order valence-corrected chi connectivity index (χ0v) is 18.0. The minimum atomic E-state index is -0.514. The van der Waals surface area contributed by atoms with Gasteiger partial charge in [-0.1, -0.05) is 6.07 Å². The van der Waals surface area contributed by atoms with Gasteiger partial charge in [0.15, 0.2) is 0 Å². The fourth-order valence-electron chi connectivity index (χ4n) is 3.01. The van der Waals surface area contributed by atoms with E-state index in [1.54, 1.807) is 25.3 Å². The summed E-state index contributed by atoms with van der Waals surface area (Å²) in [5.74, 6) is -1.11. The topological polar surface area (TPSA) is 88.9 Å². The van der Waals surface area contributed by atoms with Gasteiger partial charge in [-0.25, -0.2) is 9.37 Å². The molecule has 1 aromatic carbocycles. The molecule has 0 aliphatic heterocycles. The second-order valence-corrected chi connectivity index (χ2v) is 8.56. The van der Waals surface area contributed by atoms with Crippen molar-refractivity contribution in [2.45, 2.75) is 53.1 Å². The Morgan fingerprint density at radius 2 is 1.87 bits per heavy atom. The van der Waals surface area contributed by atoms with Crippen molar-refractivity contribution in [3.8, 4) is 0 Å². The van der Waals surface area contributed by atoms with Gasteiger partial charge < -0.3 is 9.88 Å². The average Bonchev–Trinajstić information content (AvgIpc) is 3.02. The molecule has 2 amide bonds. The van der Waals surface area contributed by atoms with Gasteiger partial charge in [-0.05, 0) is 59.2 Å². The third-order valence-electron chi connectivity index (χ3n) is 4.59. The van der Waals surface area contributed by atoms with Crippen molar-refractivity contribution in [3.05, 3.63) is 53.1 Å². The van der Waals surface area contributed by atoms with Crippen molar-refractivity contribution in [2.75, 3.05) is 5.32 Å². The third kappa shape index (κ3) is 4.32. The van der Waals surface area contributed by atoms with Crippen LogP contribution in [-0.4, -0.2) is 32.4 Å². The van der Waals surface area contributed by atoms with E-state index in [2.05, 4.69) is 20.6 Å². The summed E-state index contributed by atoms with van der Waals surface area (Å²) in [6, 6.07) is 4.24. The molecule has 0 bridgehead atoms. The first-order valence-corrected chi connectivity index (χ1v) is 9.74. The van der Waals surface area contributed by atoms with Gasteiger partial charge in [0, 0.05) is 29.5 Å². The lowest BCUT2D eigenvalue weighted by atomic mass is 10.1. The van der Waals surface area contributed by atoms with Crippen LogP contribution in [0.15, 0.2) is 30.6 Å². The van der Waals surface area contributed by atoms with E-state index in [0.29, 0.717) is 22.2 Å². The van der Waals surface area contributed by atoms with Crippen molar-refractivity contribution < 1.29 is 14.0 Å². The van der Waals surface area contributed by atoms with Crippen LogP contribution in [0.5, 0.6) is 0 Å². The highest BCUT2D eigenvalue weighted by molar-refractivity contribution is 6.07. The first-order valence-electron chi connectivity index (χ1n) is 9.74. The molecular weight excluding hydrogens is 385 g/mol. The molecule has 7 nitrogen and oxygen atoms in total. The average molecular weight is 411 g/mol. The number of carbonyl (C=O) groups is 2. The van der Waals surface area contributed by atoms with E-state index < -0.39 is 11.7 Å². The number of halogens is 1. The Bertz CT molecular complexity index is 1130. The Balaban J connectivity index is 2.01. The van der Waals surface area contributed by atoms with Gasteiger partial charge in [-0.15, -0.1) is 0 Å². The number of amides is 2. The fraction of sp³-hybridized carbons (Fsp3) is 0.364. The van der Waals surface area contributed by atoms with Gasteiger partial charge in [-0.2, -0.15) is 4.98 Å². The summed E-state index contributed by atoms with van der Waals surface area (Å²) in [6.07, 6.45) is 3.27. The van der Waals surface area contributed by atoms with Crippen LogP contribution < -0.4 is 10.6 Å². The van der Waals surface area contributed by atoms with Crippen LogP contribution in [0, 0.1) is 12.7 Å². The van der Waals surface area contributed by atoms with Crippen LogP contribution >= 0.6 is 0 Å². The molecule has 2 heterocycles. The number of hydrogen-bond donors (Lipinski definition) is 2. The summed E-state index contributed by atoms with van der Waals surface area (Å²) in [7, 11) is 0. The van der Waals surface area contributed by atoms with Crippen molar-refractivity contribution in [3.63, 3.8) is 0 Å². The quantitative estimate of drug-likeness (QED) is 0.679. The highest BCUT2D eigenvalue weighted by Gasteiger charge is 2.24. The Hall–Kier alpha value is -3.29. The maximum Gasteiger partial charge on any atom is 0.258 e. The van der Waals surface area contributed by atoms with Crippen LogP contribution in [-0.2, 0) is 5.54 Å². The molecular formula is C22H26FN5O2. The lowest BCUT2D eigenvalue weighted by Crippen LogP contribution is -2.30. The third-order valence-corrected chi connectivity index (χ3v) is 4.59. The van der Waals surface area contributed by atoms with Crippen molar-refractivity contribution in [1.82, 2.24) is 19.9 Å². The van der Waals surface area contributed by atoms with Crippen molar-refractivity contribution >= 4 is 28.8 Å². The molecule has 0 spiro atoms. The second kappa shape index (κ2) is 7.85. The SMILES string of the molecule is Cc1ccc(C(=O)Nc2ncc3c(C(=O)NC(C)C)cn(C(C)(C)C)c3n2)cc1F. The number of nitrogens with zero attached hydrogens (tertiary/aromatic N) is 3. The van der Waals surface area contributed by atoms with Crippen LogP contribution in [0.2, 0.25) is 0 Å². The predicted octanol–water partition coefficient (Wildman–Crippen LogP) is 4.02. The summed E-state index contributed by atoms with van der Waals surface area (Å²) in [6.45, 7) is 11.4. The molecule has 8 heteroatoms. The molecule has 2 aromatic heterocycles. The van der Waals surface area contributed by atoms with Gasteiger partial charge >= 0.3 is 0 Å². The van der Waals surface area contributed by atoms with Gasteiger partial charge in [0.2, 0.25) is 5.95 Å². The molecule has 0 aliphatic rings. The molecule has 0 radical (unpaired) electrons. The smallest absolute Gasteiger partial charge is 0.258 e. The summed E-state index contributed by atoms with van der Waals surface area (Å²) < 4.78 is 15.7. The second-order valence-electron chi connectivity index (χ2n) is 8.56. The summed E-state index contributed by atoms with van der Waals surface area (Å²) in [5, 5.41) is 6.07. The molecule has 0 unspecified atom stereocenters. The maximum atomic E-state index is 13.8. The molecule has 3 rings (SSSR count). The molecule has 3 aromatic rings. The van der Waals surface area contributed by atoms with Crippen LogP contribution in [0.1, 0.15) is 60.9 Å². The summed E-state index contributed by atoms with van der Waals surface area (Å²) in [5.41, 5.74) is 1.26. The van der Waals surface area contributed by atoms with Gasteiger partial charge in [0.1, 0.15) is 11.5 Å². The Labute approximate surface area is 174 Å². The van der Waals surface area contributed by atoms with Crippen molar-refractivity contribution in [2.24, 2.45) is 0 Å². The number of benzene rings is 1. The number of hydrogen-bond acceptors (Lipinski definition) is 4. The standard InChI is InChI=1S/C22H26FN5O2/c1-12(2)25-20(30)16-11-28(22(4,5)6)18-15(16)10-24-21(26-18)27-19(29)14-8-7-13(3)17(23)9-14/h7-12H,1-6H3,(H,25,30)(H,24,26,27,29). The van der Waals surface area contributed by atoms with Gasteiger partial charge in [-0.3, -0.25) is 14.9 Å². The largest absolute Gasteiger partial charge is 0.350 e. The van der Waals surface area contributed by atoms with E-state index in [9.17, 15) is 14.0 Å². The molecule has 30 heavy (non-hydrogen) atoms. The highest BCUT2D eigenvalue weighted by Crippen LogP contribution is 2.27. The predicted molar refractivity (Wildman–Crippen MR) is 114 cm³/mol. The molecule has 0 saturated heterocycles. The van der Waals surface area contributed by atoms with Gasteiger partial charge in [0.25, 0.3) is 11.8 Å². The normalized spacial score (nSPS) is 11.7. The van der Waals surface area contributed by atoms with E-state index in [0.717, 1.165) is 0 Å². The zero-order chi connectivity index (χ0) is 22.2. The molecule has 0 atom stereocenters. The van der Waals surface area contributed by atoms with E-state index >= 15 is 0 Å². The van der Waals surface area contributed by atoms with E-state index in [1.807, 2.05) is 39.2 Å². The molecule has 158 valence electrons. The maximum absolute atomic E-state index is 13.8. The minimum absolute atomic E-state index is 0.0140. The van der Waals surface area contributed by atoms with Gasteiger partial charge in [0.05, 0.1) is 10.9 Å². The number of carbonyl (C=O) groups excluding carboxylic acids is 2. The number of nitrogens with one attached hydrogen (secondary N) is 2. The Kier molecular flexibility index (Phi) is 5.61. The lowest BCUT2D eigenvalue weighted by molar-refractivity contribution is 0.0943. The monoisotopic (exact) mass is 411 g/mol. The number of rotatable bonds is 4. The van der Waals surface area contributed by atoms with Crippen LogP contribution in [0.25, 0.3) is 11.0 Å². The van der Waals surface area contributed by atoms with Crippen molar-refractivity contribution in [1.29, 1.82) is 0 Å². The number of aromatic nitrogens is 3. The Morgan fingerprint density at radius 3 is 2.47 bits per heavy atom. The first-order chi connectivity index (χ1) is 14.0. The fourth-order valence-corrected chi connectivity index (χ4v) is 3.01. The van der Waals surface area contributed by atoms with Crippen LogP contribution in [0.4, 0.5) is 10.3 Å². The molecule has 0 aliphatic carbocycles. The van der Waals surface area contributed by atoms with E-state index in [4.69, 9.17) is 0 Å². The number of aryl methyl sites for hydroxylation is 1. The summed E-state index contributed by atoms with van der Waals surface area (Å²) >= 11 is 0. The minimum Gasteiger partial charge on any atom is -0.350 e. The van der Waals surface area contributed by atoms with Crippen LogP contribution in [0.3, 0.4) is 0 Å². The molecule has 0 saturated carbocycles. The van der Waals surface area contributed by atoms with E-state index in [-0.39, 0.29) is 29.0 Å². The first kappa shape index (κ1) is 21.4. The highest BCUT2D eigenvalue weighted by atomic mass is 19.1. The zero-order valence-electron chi connectivity index (χ0n) is 18.0. The number of fused-ring (bicyclic) bond motifs is 1. The summed E-state index contributed by atoms with van der Waals surface area (Å²) in [4.78, 5) is 33.8. The lowest BCUT2D eigenvalue weighted by Gasteiger charge is -2.22. The molecule has 2 N–H and O–H groups in total. The Morgan fingerprint density at radius 1 is 1.17 bits per heavy atom. The van der Waals surface area contributed by atoms with E-state index in [1.165, 1.54) is 12.3 Å². The number of anilines is 1. The molecule has 0 fully saturated rings.